The summed E-state index contributed by atoms with van der Waals surface area (Å²) < 4.78 is 29.1. The molecule has 1 saturated heterocycles. The van der Waals surface area contributed by atoms with E-state index < -0.39 is 9.84 Å². The fourth-order valence-corrected chi connectivity index (χ4v) is 4.23. The molecule has 0 aliphatic carbocycles. The van der Waals surface area contributed by atoms with E-state index in [2.05, 4.69) is 21.9 Å². The van der Waals surface area contributed by atoms with Crippen molar-refractivity contribution in [2.75, 3.05) is 18.1 Å². The highest BCUT2D eigenvalue weighted by Crippen LogP contribution is 2.21. The summed E-state index contributed by atoms with van der Waals surface area (Å²) in [4.78, 5) is 1.98. The van der Waals surface area contributed by atoms with Crippen LogP contribution in [-0.4, -0.2) is 37.4 Å². The van der Waals surface area contributed by atoms with E-state index in [0.717, 1.165) is 5.76 Å². The number of furan rings is 1. The topological polar surface area (TPSA) is 50.5 Å². The molecule has 1 aliphatic rings. The fraction of sp³-hybridized carbons (Fsp3) is 0.500. The van der Waals surface area contributed by atoms with E-state index in [1.165, 1.54) is 0 Å². The van der Waals surface area contributed by atoms with Gasteiger partial charge < -0.3 is 4.42 Å². The Morgan fingerprint density at radius 3 is 2.83 bits per heavy atom. The molecular formula is C12H14BrNO3S. The number of rotatable bonds is 4. The van der Waals surface area contributed by atoms with E-state index in [1.54, 1.807) is 0 Å². The maximum absolute atomic E-state index is 11.5. The van der Waals surface area contributed by atoms with Crippen LogP contribution in [0.5, 0.6) is 0 Å². The van der Waals surface area contributed by atoms with Crippen LogP contribution in [-0.2, 0) is 16.4 Å². The summed E-state index contributed by atoms with van der Waals surface area (Å²) in [5.74, 6) is 3.80. The summed E-state index contributed by atoms with van der Waals surface area (Å²) in [6.45, 7) is 0.967. The highest BCUT2D eigenvalue weighted by atomic mass is 79.9. The number of nitrogens with zero attached hydrogens (tertiary/aromatic N) is 1. The molecule has 0 radical (unpaired) electrons. The first kappa shape index (κ1) is 13.7. The SMILES string of the molecule is C#CCN(Cc1ccc(Br)o1)[C@@H]1CCS(=O)(=O)C1. The quantitative estimate of drug-likeness (QED) is 0.787. The standard InChI is InChI=1S/C12H14BrNO3S/c1-2-6-14(8-11-3-4-12(13)17-11)10-5-7-18(15,16)9-10/h1,3-4,10H,5-9H2/t10-/m1/s1. The van der Waals surface area contributed by atoms with Crippen LogP contribution in [0.1, 0.15) is 12.2 Å². The lowest BCUT2D eigenvalue weighted by atomic mass is 10.2. The monoisotopic (exact) mass is 331 g/mol. The lowest BCUT2D eigenvalue weighted by Gasteiger charge is -2.24. The van der Waals surface area contributed by atoms with Gasteiger partial charge in [0, 0.05) is 6.04 Å². The summed E-state index contributed by atoms with van der Waals surface area (Å²) >= 11 is 3.24. The first-order chi connectivity index (χ1) is 8.50. The highest BCUT2D eigenvalue weighted by Gasteiger charge is 2.32. The zero-order valence-corrected chi connectivity index (χ0v) is 12.2. The average Bonchev–Trinajstić information content (AvgIpc) is 2.84. The Kier molecular flexibility index (Phi) is 4.15. The minimum absolute atomic E-state index is 0.00470. The van der Waals surface area contributed by atoms with Gasteiger partial charge in [0.1, 0.15) is 5.76 Å². The number of hydrogen-bond donors (Lipinski definition) is 0. The summed E-state index contributed by atoms with van der Waals surface area (Å²) in [6.07, 6.45) is 5.99. The average molecular weight is 332 g/mol. The van der Waals surface area contributed by atoms with Crippen LogP contribution in [0, 0.1) is 12.3 Å². The maximum atomic E-state index is 11.5. The van der Waals surface area contributed by atoms with Crippen LogP contribution in [0.2, 0.25) is 0 Å². The second kappa shape index (κ2) is 5.47. The van der Waals surface area contributed by atoms with Crippen molar-refractivity contribution in [2.45, 2.75) is 19.0 Å². The molecule has 0 unspecified atom stereocenters. The van der Waals surface area contributed by atoms with Crippen molar-refractivity contribution in [3.8, 4) is 12.3 Å². The molecule has 1 aromatic heterocycles. The summed E-state index contributed by atoms with van der Waals surface area (Å²) in [5.41, 5.74) is 0. The van der Waals surface area contributed by atoms with Gasteiger partial charge in [-0.25, -0.2) is 8.42 Å². The second-order valence-corrected chi connectivity index (χ2v) is 7.38. The summed E-state index contributed by atoms with van der Waals surface area (Å²) in [6, 6.07) is 3.67. The number of sulfone groups is 1. The number of halogens is 1. The molecule has 0 aromatic carbocycles. The lowest BCUT2D eigenvalue weighted by Crippen LogP contribution is -2.35. The second-order valence-electron chi connectivity index (χ2n) is 4.37. The Morgan fingerprint density at radius 1 is 1.56 bits per heavy atom. The molecule has 98 valence electrons. The molecule has 2 rings (SSSR count). The maximum Gasteiger partial charge on any atom is 0.169 e. The number of terminal acetylenes is 1. The molecule has 0 spiro atoms. The Bertz CT molecular complexity index is 558. The molecule has 1 aromatic rings. The summed E-state index contributed by atoms with van der Waals surface area (Å²) in [5, 5.41) is 0. The van der Waals surface area contributed by atoms with Crippen LogP contribution < -0.4 is 0 Å². The molecule has 0 amide bonds. The highest BCUT2D eigenvalue weighted by molar-refractivity contribution is 9.10. The Balaban J connectivity index is 2.07. The van der Waals surface area contributed by atoms with E-state index in [0.29, 0.717) is 24.2 Å². The van der Waals surface area contributed by atoms with Crippen molar-refractivity contribution < 1.29 is 12.8 Å². The number of hydrogen-bond acceptors (Lipinski definition) is 4. The van der Waals surface area contributed by atoms with Crippen molar-refractivity contribution in [1.82, 2.24) is 4.90 Å². The van der Waals surface area contributed by atoms with Crippen LogP contribution in [0.3, 0.4) is 0 Å². The third kappa shape index (κ3) is 3.37. The van der Waals surface area contributed by atoms with Gasteiger partial charge in [-0.1, -0.05) is 5.92 Å². The van der Waals surface area contributed by atoms with Gasteiger partial charge in [0.15, 0.2) is 14.5 Å². The van der Waals surface area contributed by atoms with Gasteiger partial charge in [-0.05, 0) is 34.5 Å². The zero-order valence-electron chi connectivity index (χ0n) is 9.80. The predicted molar refractivity (Wildman–Crippen MR) is 72.7 cm³/mol. The van der Waals surface area contributed by atoms with Crippen molar-refractivity contribution in [3.63, 3.8) is 0 Å². The third-order valence-electron chi connectivity index (χ3n) is 3.01. The smallest absolute Gasteiger partial charge is 0.169 e. The molecule has 0 N–H and O–H groups in total. The van der Waals surface area contributed by atoms with E-state index in [9.17, 15) is 8.42 Å². The molecule has 0 bridgehead atoms. The normalized spacial score (nSPS) is 22.2. The molecule has 1 aliphatic heterocycles. The predicted octanol–water partition coefficient (Wildman–Crippen LogP) is 1.66. The molecule has 6 heteroatoms. The Morgan fingerprint density at radius 2 is 2.33 bits per heavy atom. The third-order valence-corrected chi connectivity index (χ3v) is 5.18. The van der Waals surface area contributed by atoms with E-state index in [-0.39, 0.29) is 17.5 Å². The van der Waals surface area contributed by atoms with E-state index in [4.69, 9.17) is 10.8 Å². The molecule has 1 fully saturated rings. The van der Waals surface area contributed by atoms with Gasteiger partial charge in [0.05, 0.1) is 24.6 Å². The lowest BCUT2D eigenvalue weighted by molar-refractivity contribution is 0.211. The van der Waals surface area contributed by atoms with Crippen molar-refractivity contribution in [1.29, 1.82) is 0 Å². The van der Waals surface area contributed by atoms with Crippen molar-refractivity contribution >= 4 is 25.8 Å². The van der Waals surface area contributed by atoms with Crippen LogP contribution in [0.4, 0.5) is 0 Å². The van der Waals surface area contributed by atoms with Gasteiger partial charge >= 0.3 is 0 Å². The van der Waals surface area contributed by atoms with E-state index >= 15 is 0 Å². The van der Waals surface area contributed by atoms with Gasteiger partial charge in [-0.3, -0.25) is 4.90 Å². The van der Waals surface area contributed by atoms with E-state index in [1.807, 2.05) is 17.0 Å². The zero-order chi connectivity index (χ0) is 13.2. The molecule has 18 heavy (non-hydrogen) atoms. The fourth-order valence-electron chi connectivity index (χ4n) is 2.13. The largest absolute Gasteiger partial charge is 0.453 e. The molecule has 1 atom stereocenters. The van der Waals surface area contributed by atoms with Crippen molar-refractivity contribution in [3.05, 3.63) is 22.6 Å². The van der Waals surface area contributed by atoms with Crippen LogP contribution in [0.25, 0.3) is 0 Å². The minimum Gasteiger partial charge on any atom is -0.453 e. The Hall–Kier alpha value is -0.770. The molecular weight excluding hydrogens is 318 g/mol. The van der Waals surface area contributed by atoms with Gasteiger partial charge in [0.2, 0.25) is 0 Å². The minimum atomic E-state index is -2.90. The Labute approximate surface area is 115 Å². The molecule has 4 nitrogen and oxygen atoms in total. The van der Waals surface area contributed by atoms with Gasteiger partial charge in [-0.2, -0.15) is 0 Å². The van der Waals surface area contributed by atoms with Gasteiger partial charge in [0.25, 0.3) is 0 Å². The first-order valence-electron chi connectivity index (χ1n) is 5.62. The van der Waals surface area contributed by atoms with Gasteiger partial charge in [-0.15, -0.1) is 6.42 Å². The molecule has 0 saturated carbocycles. The summed E-state index contributed by atoms with van der Waals surface area (Å²) in [7, 11) is -2.90. The van der Waals surface area contributed by atoms with Crippen LogP contribution >= 0.6 is 15.9 Å². The first-order valence-corrected chi connectivity index (χ1v) is 8.24. The molecule has 2 heterocycles. The van der Waals surface area contributed by atoms with Crippen LogP contribution in [0.15, 0.2) is 21.2 Å². The van der Waals surface area contributed by atoms with Crippen molar-refractivity contribution in [2.24, 2.45) is 0 Å².